The minimum Gasteiger partial charge on any atom is -0.484 e. The van der Waals surface area contributed by atoms with E-state index in [1.807, 2.05) is 68.1 Å². The Balaban J connectivity index is 1.38. The van der Waals surface area contributed by atoms with E-state index < -0.39 is 5.60 Å². The Hall–Kier alpha value is -2.73. The van der Waals surface area contributed by atoms with Crippen molar-refractivity contribution in [1.82, 2.24) is 14.5 Å². The highest BCUT2D eigenvalue weighted by Gasteiger charge is 2.27. The number of likely N-dealkylation sites (tertiary alicyclic amines) is 1. The smallest absolute Gasteiger partial charge is 0.410 e. The first-order valence-electron chi connectivity index (χ1n) is 12.1. The van der Waals surface area contributed by atoms with Gasteiger partial charge in [0.1, 0.15) is 23.8 Å². The Morgan fingerprint density at radius 3 is 2.71 bits per heavy atom. The van der Waals surface area contributed by atoms with E-state index in [2.05, 4.69) is 10.6 Å². The Bertz CT molecular complexity index is 1120. The largest absolute Gasteiger partial charge is 0.484 e. The molecule has 2 heterocycles. The van der Waals surface area contributed by atoms with E-state index in [0.29, 0.717) is 23.3 Å². The average Bonchev–Trinajstić information content (AvgIpc) is 3.15. The van der Waals surface area contributed by atoms with Gasteiger partial charge in [0.15, 0.2) is 0 Å². The van der Waals surface area contributed by atoms with Gasteiger partial charge in [0.2, 0.25) is 0 Å². The molecule has 0 bridgehead atoms. The van der Waals surface area contributed by atoms with Crippen LogP contribution in [-0.2, 0) is 17.9 Å². The Morgan fingerprint density at radius 2 is 1.91 bits per heavy atom. The lowest BCUT2D eigenvalue weighted by molar-refractivity contribution is 0.0160. The monoisotopic (exact) mass is 483 g/mol. The highest BCUT2D eigenvalue weighted by Crippen LogP contribution is 2.26. The summed E-state index contributed by atoms with van der Waals surface area (Å²) in [6, 6.07) is 15.7. The number of halogens is 1. The molecule has 1 unspecified atom stereocenters. The summed E-state index contributed by atoms with van der Waals surface area (Å²) < 4.78 is 13.8. The SMILES string of the molecule is CC(C)(C)OC(=O)N1CCCC(CCCn2c(COc3ccccc3Cl)nc3ccccc32)C1. The zero-order valence-electron chi connectivity index (χ0n) is 20.3. The van der Waals surface area contributed by atoms with Crippen LogP contribution in [0.15, 0.2) is 48.5 Å². The zero-order valence-corrected chi connectivity index (χ0v) is 21.1. The maximum absolute atomic E-state index is 12.5. The number of imidazole rings is 1. The van der Waals surface area contributed by atoms with Crippen LogP contribution in [-0.4, -0.2) is 39.2 Å². The van der Waals surface area contributed by atoms with Gasteiger partial charge < -0.3 is 18.9 Å². The number of aromatic nitrogens is 2. The maximum Gasteiger partial charge on any atom is 0.410 e. The minimum atomic E-state index is -0.463. The van der Waals surface area contributed by atoms with E-state index in [4.69, 9.17) is 26.1 Å². The number of rotatable bonds is 7. The number of hydrogen-bond donors (Lipinski definition) is 0. The van der Waals surface area contributed by atoms with Gasteiger partial charge in [-0.3, -0.25) is 0 Å². The molecular weight excluding hydrogens is 450 g/mol. The van der Waals surface area contributed by atoms with Crippen LogP contribution >= 0.6 is 11.6 Å². The second-order valence-corrected chi connectivity index (χ2v) is 10.4. The number of ether oxygens (including phenoxy) is 2. The van der Waals surface area contributed by atoms with E-state index in [0.717, 1.165) is 62.2 Å². The summed E-state index contributed by atoms with van der Waals surface area (Å²) in [5.74, 6) is 2.03. The predicted molar refractivity (Wildman–Crippen MR) is 135 cm³/mol. The number of para-hydroxylation sites is 3. The lowest BCUT2D eigenvalue weighted by Gasteiger charge is -2.34. The molecule has 0 N–H and O–H groups in total. The van der Waals surface area contributed by atoms with Gasteiger partial charge in [-0.1, -0.05) is 35.9 Å². The first-order chi connectivity index (χ1) is 16.3. The third-order valence-electron chi connectivity index (χ3n) is 6.09. The molecule has 1 fully saturated rings. The van der Waals surface area contributed by atoms with Crippen LogP contribution in [0.1, 0.15) is 52.3 Å². The Morgan fingerprint density at radius 1 is 1.15 bits per heavy atom. The van der Waals surface area contributed by atoms with Crippen molar-refractivity contribution < 1.29 is 14.3 Å². The summed E-state index contributed by atoms with van der Waals surface area (Å²) >= 11 is 6.26. The molecule has 2 aromatic carbocycles. The zero-order chi connectivity index (χ0) is 24.1. The highest BCUT2D eigenvalue weighted by atomic mass is 35.5. The molecular formula is C27H34ClN3O3. The third kappa shape index (κ3) is 6.23. The van der Waals surface area contributed by atoms with E-state index in [-0.39, 0.29) is 6.09 Å². The molecule has 0 saturated carbocycles. The number of amides is 1. The first kappa shape index (κ1) is 24.4. The summed E-state index contributed by atoms with van der Waals surface area (Å²) in [6.07, 6.45) is 4.03. The lowest BCUT2D eigenvalue weighted by Crippen LogP contribution is -2.42. The number of nitrogens with zero attached hydrogens (tertiary/aromatic N) is 3. The van der Waals surface area contributed by atoms with Crippen molar-refractivity contribution in [2.75, 3.05) is 13.1 Å². The van der Waals surface area contributed by atoms with Crippen molar-refractivity contribution in [2.45, 2.75) is 65.2 Å². The van der Waals surface area contributed by atoms with Crippen molar-refractivity contribution in [2.24, 2.45) is 5.92 Å². The van der Waals surface area contributed by atoms with Gasteiger partial charge in [-0.2, -0.15) is 0 Å². The van der Waals surface area contributed by atoms with E-state index in [1.165, 1.54) is 0 Å². The van der Waals surface area contributed by atoms with Gasteiger partial charge >= 0.3 is 6.09 Å². The topological polar surface area (TPSA) is 56.6 Å². The first-order valence-corrected chi connectivity index (χ1v) is 12.5. The lowest BCUT2D eigenvalue weighted by atomic mass is 9.93. The molecule has 34 heavy (non-hydrogen) atoms. The number of fused-ring (bicyclic) bond motifs is 1. The standard InChI is InChI=1S/C27H34ClN3O3/c1-27(2,3)34-26(32)30-16-8-10-20(18-30)11-9-17-31-23-14-6-5-13-22(23)29-25(31)19-33-24-15-7-4-12-21(24)28/h4-7,12-15,20H,8-11,16-19H2,1-3H3. The van der Waals surface area contributed by atoms with Crippen molar-refractivity contribution in [3.8, 4) is 5.75 Å². The van der Waals surface area contributed by atoms with Crippen molar-refractivity contribution >= 4 is 28.7 Å². The van der Waals surface area contributed by atoms with Gasteiger partial charge in [-0.25, -0.2) is 9.78 Å². The molecule has 1 aromatic heterocycles. The van der Waals surface area contributed by atoms with Gasteiger partial charge in [-0.05, 0) is 76.6 Å². The quantitative estimate of drug-likeness (QED) is 0.375. The number of carbonyl (C=O) groups excluding carboxylic acids is 1. The van der Waals surface area contributed by atoms with E-state index in [9.17, 15) is 4.79 Å². The molecule has 1 aliphatic heterocycles. The number of carbonyl (C=O) groups is 1. The second kappa shape index (κ2) is 10.7. The summed E-state index contributed by atoms with van der Waals surface area (Å²) in [6.45, 7) is 8.49. The minimum absolute atomic E-state index is 0.197. The van der Waals surface area contributed by atoms with Gasteiger partial charge in [-0.15, -0.1) is 0 Å². The summed E-state index contributed by atoms with van der Waals surface area (Å²) in [7, 11) is 0. The number of piperidine rings is 1. The molecule has 0 spiro atoms. The fourth-order valence-corrected chi connectivity index (χ4v) is 4.71. The Kier molecular flexibility index (Phi) is 7.67. The van der Waals surface area contributed by atoms with Crippen molar-refractivity contribution in [3.05, 3.63) is 59.4 Å². The molecule has 1 amide bonds. The summed E-state index contributed by atoms with van der Waals surface area (Å²) in [4.78, 5) is 19.2. The van der Waals surface area contributed by atoms with Gasteiger partial charge in [0.25, 0.3) is 0 Å². The number of hydrogen-bond acceptors (Lipinski definition) is 4. The highest BCUT2D eigenvalue weighted by molar-refractivity contribution is 6.32. The number of benzene rings is 2. The molecule has 3 aromatic rings. The molecule has 1 aliphatic rings. The molecule has 0 radical (unpaired) electrons. The number of aryl methyl sites for hydroxylation is 1. The molecule has 6 nitrogen and oxygen atoms in total. The maximum atomic E-state index is 12.5. The van der Waals surface area contributed by atoms with Gasteiger partial charge in [0, 0.05) is 19.6 Å². The Labute approximate surface area is 206 Å². The van der Waals surface area contributed by atoms with Crippen molar-refractivity contribution in [3.63, 3.8) is 0 Å². The van der Waals surface area contributed by atoms with Crippen LogP contribution in [0.3, 0.4) is 0 Å². The third-order valence-corrected chi connectivity index (χ3v) is 6.40. The summed E-state index contributed by atoms with van der Waals surface area (Å²) in [5.41, 5.74) is 1.61. The van der Waals surface area contributed by atoms with E-state index >= 15 is 0 Å². The fourth-order valence-electron chi connectivity index (χ4n) is 4.52. The van der Waals surface area contributed by atoms with Crippen LogP contribution < -0.4 is 4.74 Å². The van der Waals surface area contributed by atoms with Crippen LogP contribution in [0.2, 0.25) is 5.02 Å². The molecule has 0 aliphatic carbocycles. The normalized spacial score (nSPS) is 16.6. The molecule has 4 rings (SSSR count). The average molecular weight is 484 g/mol. The molecule has 1 atom stereocenters. The molecule has 182 valence electrons. The molecule has 1 saturated heterocycles. The summed E-state index contributed by atoms with van der Waals surface area (Å²) in [5, 5.41) is 0.594. The fraction of sp³-hybridized carbons (Fsp3) is 0.481. The van der Waals surface area contributed by atoms with Crippen LogP contribution in [0.4, 0.5) is 4.79 Å². The van der Waals surface area contributed by atoms with Crippen LogP contribution in [0.5, 0.6) is 5.75 Å². The van der Waals surface area contributed by atoms with Crippen LogP contribution in [0.25, 0.3) is 11.0 Å². The van der Waals surface area contributed by atoms with Gasteiger partial charge in [0.05, 0.1) is 16.1 Å². The van der Waals surface area contributed by atoms with Crippen molar-refractivity contribution in [1.29, 1.82) is 0 Å². The predicted octanol–water partition coefficient (Wildman–Crippen LogP) is 6.70. The second-order valence-electron chi connectivity index (χ2n) is 9.96. The van der Waals surface area contributed by atoms with E-state index in [1.54, 1.807) is 0 Å². The molecule has 7 heteroatoms. The van der Waals surface area contributed by atoms with Crippen LogP contribution in [0, 0.1) is 5.92 Å².